The summed E-state index contributed by atoms with van der Waals surface area (Å²) in [6.07, 6.45) is 2.63. The van der Waals surface area contributed by atoms with Gasteiger partial charge in [0, 0.05) is 12.7 Å². The second kappa shape index (κ2) is 5.80. The molecule has 2 rings (SSSR count). The zero-order valence-electron chi connectivity index (χ0n) is 9.63. The first-order valence-electron chi connectivity index (χ1n) is 5.61. The number of nitrogens with one attached hydrogen (secondary N) is 1. The van der Waals surface area contributed by atoms with Crippen LogP contribution in [0.5, 0.6) is 0 Å². The van der Waals surface area contributed by atoms with Gasteiger partial charge in [0.2, 0.25) is 0 Å². The summed E-state index contributed by atoms with van der Waals surface area (Å²) in [5.41, 5.74) is 2.92. The van der Waals surface area contributed by atoms with Crippen LogP contribution in [0.3, 0.4) is 0 Å². The van der Waals surface area contributed by atoms with E-state index < -0.39 is 0 Å². The van der Waals surface area contributed by atoms with Gasteiger partial charge in [-0.15, -0.1) is 5.10 Å². The summed E-state index contributed by atoms with van der Waals surface area (Å²) < 4.78 is 0. The first-order valence-corrected chi connectivity index (χ1v) is 5.61. The molecule has 0 unspecified atom stereocenters. The van der Waals surface area contributed by atoms with Gasteiger partial charge in [0.1, 0.15) is 5.69 Å². The Morgan fingerprint density at radius 1 is 1.12 bits per heavy atom. The highest BCUT2D eigenvalue weighted by Crippen LogP contribution is 2.04. The van der Waals surface area contributed by atoms with Crippen molar-refractivity contribution in [3.63, 3.8) is 0 Å². The van der Waals surface area contributed by atoms with E-state index in [-0.39, 0.29) is 0 Å². The van der Waals surface area contributed by atoms with Crippen molar-refractivity contribution >= 4 is 5.70 Å². The van der Waals surface area contributed by atoms with E-state index in [1.807, 2.05) is 30.3 Å². The van der Waals surface area contributed by atoms with Gasteiger partial charge in [-0.1, -0.05) is 36.9 Å². The number of nitrogens with zero attached hydrogens (tertiary/aromatic N) is 2. The lowest BCUT2D eigenvalue weighted by molar-refractivity contribution is 0.838. The summed E-state index contributed by atoms with van der Waals surface area (Å²) in [6.45, 7) is 4.79. The van der Waals surface area contributed by atoms with Crippen molar-refractivity contribution in [1.82, 2.24) is 15.5 Å². The number of benzene rings is 1. The minimum Gasteiger partial charge on any atom is -0.383 e. The molecule has 1 aromatic heterocycles. The van der Waals surface area contributed by atoms with Gasteiger partial charge in [0.05, 0.1) is 5.70 Å². The van der Waals surface area contributed by atoms with Gasteiger partial charge in [0.15, 0.2) is 0 Å². The molecule has 0 bridgehead atoms. The van der Waals surface area contributed by atoms with Crippen LogP contribution in [0, 0.1) is 0 Å². The smallest absolute Gasteiger partial charge is 0.108 e. The maximum absolute atomic E-state index is 3.99. The van der Waals surface area contributed by atoms with Gasteiger partial charge < -0.3 is 5.32 Å². The minimum atomic E-state index is 0.792. The van der Waals surface area contributed by atoms with Gasteiger partial charge >= 0.3 is 0 Å². The van der Waals surface area contributed by atoms with Gasteiger partial charge in [-0.2, -0.15) is 5.10 Å². The molecule has 2 aromatic rings. The van der Waals surface area contributed by atoms with Crippen molar-refractivity contribution in [2.24, 2.45) is 0 Å². The number of aromatic nitrogens is 2. The van der Waals surface area contributed by atoms with Crippen molar-refractivity contribution in [3.8, 4) is 0 Å². The molecule has 1 heterocycles. The summed E-state index contributed by atoms with van der Waals surface area (Å²) in [6, 6.07) is 14.1. The fourth-order valence-corrected chi connectivity index (χ4v) is 1.56. The summed E-state index contributed by atoms with van der Waals surface area (Å²) in [5, 5.41) is 11.1. The fraction of sp³-hybridized carbons (Fsp3) is 0.143. The molecule has 0 aliphatic carbocycles. The van der Waals surface area contributed by atoms with Crippen LogP contribution in [0.15, 0.2) is 55.2 Å². The Hall–Kier alpha value is -2.16. The molecule has 0 amide bonds. The van der Waals surface area contributed by atoms with Gasteiger partial charge in [0.25, 0.3) is 0 Å². The Morgan fingerprint density at radius 2 is 1.94 bits per heavy atom. The molecule has 0 aliphatic heterocycles. The molecule has 3 nitrogen and oxygen atoms in total. The molecule has 86 valence electrons. The van der Waals surface area contributed by atoms with E-state index >= 15 is 0 Å². The quantitative estimate of drug-likeness (QED) is 0.848. The second-order valence-electron chi connectivity index (χ2n) is 3.75. The van der Waals surface area contributed by atoms with Crippen LogP contribution < -0.4 is 5.32 Å². The normalized spacial score (nSPS) is 9.88. The Balaban J connectivity index is 1.82. The highest BCUT2D eigenvalue weighted by molar-refractivity contribution is 5.57. The minimum absolute atomic E-state index is 0.792. The lowest BCUT2D eigenvalue weighted by Crippen LogP contribution is -2.15. The van der Waals surface area contributed by atoms with Crippen LogP contribution in [-0.4, -0.2) is 16.7 Å². The molecule has 3 heteroatoms. The third-order valence-electron chi connectivity index (χ3n) is 2.48. The zero-order valence-corrected chi connectivity index (χ0v) is 9.63. The summed E-state index contributed by atoms with van der Waals surface area (Å²) in [5.74, 6) is 0. The Kier molecular flexibility index (Phi) is 3.86. The molecular weight excluding hydrogens is 210 g/mol. The predicted molar refractivity (Wildman–Crippen MR) is 69.2 cm³/mol. The standard InChI is InChI=1S/C14H15N3/c1-12(14-8-5-10-16-17-14)15-11-9-13-6-3-2-4-7-13/h2-8,10,15H,1,9,11H2. The van der Waals surface area contributed by atoms with Crippen LogP contribution in [0.25, 0.3) is 5.70 Å². The van der Waals surface area contributed by atoms with E-state index in [4.69, 9.17) is 0 Å². The second-order valence-corrected chi connectivity index (χ2v) is 3.75. The van der Waals surface area contributed by atoms with Gasteiger partial charge in [-0.25, -0.2) is 0 Å². The van der Waals surface area contributed by atoms with Crippen LogP contribution in [0.1, 0.15) is 11.3 Å². The highest BCUT2D eigenvalue weighted by Gasteiger charge is 1.99. The molecular formula is C14H15N3. The molecule has 1 aromatic carbocycles. The highest BCUT2D eigenvalue weighted by atomic mass is 15.1. The number of hydrogen-bond donors (Lipinski definition) is 1. The Labute approximate surface area is 101 Å². The summed E-state index contributed by atoms with van der Waals surface area (Å²) >= 11 is 0. The maximum atomic E-state index is 3.99. The average molecular weight is 225 g/mol. The average Bonchev–Trinajstić information content (AvgIpc) is 2.41. The third kappa shape index (κ3) is 3.41. The lowest BCUT2D eigenvalue weighted by atomic mass is 10.1. The number of rotatable bonds is 5. The summed E-state index contributed by atoms with van der Waals surface area (Å²) in [4.78, 5) is 0. The van der Waals surface area contributed by atoms with Crippen LogP contribution in [0.4, 0.5) is 0 Å². The fourth-order valence-electron chi connectivity index (χ4n) is 1.56. The van der Waals surface area contributed by atoms with E-state index in [9.17, 15) is 0 Å². The predicted octanol–water partition coefficient (Wildman–Crippen LogP) is 2.28. The SMILES string of the molecule is C=C(NCCc1ccccc1)c1cccnn1. The van der Waals surface area contributed by atoms with Crippen LogP contribution >= 0.6 is 0 Å². The molecule has 0 saturated heterocycles. The van der Waals surface area contributed by atoms with Gasteiger partial charge in [-0.3, -0.25) is 0 Å². The van der Waals surface area contributed by atoms with Crippen molar-refractivity contribution in [1.29, 1.82) is 0 Å². The van der Waals surface area contributed by atoms with Crippen LogP contribution in [-0.2, 0) is 6.42 Å². The van der Waals surface area contributed by atoms with Crippen molar-refractivity contribution in [2.75, 3.05) is 6.54 Å². The van der Waals surface area contributed by atoms with E-state index in [1.54, 1.807) is 6.20 Å². The molecule has 0 saturated carbocycles. The first kappa shape index (κ1) is 11.3. The van der Waals surface area contributed by atoms with Gasteiger partial charge in [-0.05, 0) is 24.1 Å². The molecule has 17 heavy (non-hydrogen) atoms. The van der Waals surface area contributed by atoms with Crippen molar-refractivity contribution in [2.45, 2.75) is 6.42 Å². The molecule has 1 N–H and O–H groups in total. The Morgan fingerprint density at radius 3 is 2.65 bits per heavy atom. The number of hydrogen-bond acceptors (Lipinski definition) is 3. The third-order valence-corrected chi connectivity index (χ3v) is 2.48. The molecule has 0 radical (unpaired) electrons. The van der Waals surface area contributed by atoms with Crippen molar-refractivity contribution < 1.29 is 0 Å². The monoisotopic (exact) mass is 225 g/mol. The molecule has 0 fully saturated rings. The molecule has 0 spiro atoms. The Bertz CT molecular complexity index is 465. The van der Waals surface area contributed by atoms with E-state index in [0.29, 0.717) is 0 Å². The lowest BCUT2D eigenvalue weighted by Gasteiger charge is -2.08. The topological polar surface area (TPSA) is 37.8 Å². The van der Waals surface area contributed by atoms with E-state index in [0.717, 1.165) is 24.4 Å². The first-order chi connectivity index (χ1) is 8.36. The molecule has 0 atom stereocenters. The van der Waals surface area contributed by atoms with E-state index in [2.05, 4.69) is 34.2 Å². The van der Waals surface area contributed by atoms with Crippen LogP contribution in [0.2, 0.25) is 0 Å². The molecule has 0 aliphatic rings. The van der Waals surface area contributed by atoms with Crippen molar-refractivity contribution in [3.05, 3.63) is 66.5 Å². The zero-order chi connectivity index (χ0) is 11.9. The maximum Gasteiger partial charge on any atom is 0.108 e. The summed E-state index contributed by atoms with van der Waals surface area (Å²) in [7, 11) is 0. The van der Waals surface area contributed by atoms with E-state index in [1.165, 1.54) is 5.56 Å². The largest absolute Gasteiger partial charge is 0.383 e.